The predicted molar refractivity (Wildman–Crippen MR) is 67.1 cm³/mol. The van der Waals surface area contributed by atoms with Crippen molar-refractivity contribution in [3.63, 3.8) is 0 Å². The Hall–Kier alpha value is -0.820. The van der Waals surface area contributed by atoms with Crippen LogP contribution in [0.2, 0.25) is 0 Å². The third kappa shape index (κ3) is 3.67. The van der Waals surface area contributed by atoms with E-state index in [0.717, 1.165) is 6.42 Å². The average Bonchev–Trinajstić information content (AvgIpc) is 2.21. The summed E-state index contributed by atoms with van der Waals surface area (Å²) >= 11 is 0. The second-order valence-corrected chi connectivity index (χ2v) is 4.44. The molecule has 0 amide bonds. The first-order chi connectivity index (χ1) is 7.17. The Morgan fingerprint density at radius 2 is 1.60 bits per heavy atom. The van der Waals surface area contributed by atoms with Crippen molar-refractivity contribution in [2.75, 3.05) is 0 Å². The maximum Gasteiger partial charge on any atom is 0.00509 e. The summed E-state index contributed by atoms with van der Waals surface area (Å²) in [4.78, 5) is 0. The lowest BCUT2D eigenvalue weighted by Gasteiger charge is -2.13. The summed E-state index contributed by atoms with van der Waals surface area (Å²) in [6, 6.07) is 9.21. The zero-order valence-electron chi connectivity index (χ0n) is 10.2. The molecule has 15 heavy (non-hydrogen) atoms. The van der Waals surface area contributed by atoms with Crippen LogP contribution in [-0.4, -0.2) is 6.04 Å². The zero-order valence-corrected chi connectivity index (χ0v) is 10.2. The number of nitrogens with two attached hydrogens (primary N) is 1. The van der Waals surface area contributed by atoms with Gasteiger partial charge in [-0.2, -0.15) is 0 Å². The molecule has 0 spiro atoms. The lowest BCUT2D eigenvalue weighted by Crippen LogP contribution is -2.17. The van der Waals surface area contributed by atoms with E-state index in [1.165, 1.54) is 24.0 Å². The van der Waals surface area contributed by atoms with E-state index in [2.05, 4.69) is 45.0 Å². The van der Waals surface area contributed by atoms with Gasteiger partial charge in [-0.15, -0.1) is 0 Å². The normalized spacial score (nSPS) is 13.1. The molecular weight excluding hydrogens is 182 g/mol. The van der Waals surface area contributed by atoms with E-state index in [4.69, 9.17) is 5.73 Å². The van der Waals surface area contributed by atoms with Crippen molar-refractivity contribution < 1.29 is 0 Å². The topological polar surface area (TPSA) is 26.0 Å². The van der Waals surface area contributed by atoms with E-state index in [1.807, 2.05) is 0 Å². The molecule has 1 unspecified atom stereocenters. The molecule has 0 heterocycles. The van der Waals surface area contributed by atoms with Crippen LogP contribution in [0.15, 0.2) is 24.3 Å². The molecule has 84 valence electrons. The lowest BCUT2D eigenvalue weighted by atomic mass is 9.93. The van der Waals surface area contributed by atoms with Gasteiger partial charge in [0.15, 0.2) is 0 Å². The van der Waals surface area contributed by atoms with Gasteiger partial charge in [0, 0.05) is 6.04 Å². The maximum absolute atomic E-state index is 5.77. The third-order valence-corrected chi connectivity index (χ3v) is 2.99. The van der Waals surface area contributed by atoms with E-state index >= 15 is 0 Å². The highest BCUT2D eigenvalue weighted by Crippen LogP contribution is 2.23. The first-order valence-electron chi connectivity index (χ1n) is 6.01. The number of hydrogen-bond acceptors (Lipinski definition) is 1. The molecule has 0 aliphatic carbocycles. The fourth-order valence-electron chi connectivity index (χ4n) is 2.06. The second kappa shape index (κ2) is 5.92. The Morgan fingerprint density at radius 1 is 1.07 bits per heavy atom. The summed E-state index contributed by atoms with van der Waals surface area (Å²) in [5.41, 5.74) is 8.59. The predicted octanol–water partition coefficient (Wildman–Crippen LogP) is 3.48. The molecule has 2 N–H and O–H groups in total. The SMILES string of the molecule is CCC(CC)c1ccc(CC(C)N)cc1. The van der Waals surface area contributed by atoms with Crippen LogP contribution in [0.4, 0.5) is 0 Å². The lowest BCUT2D eigenvalue weighted by molar-refractivity contribution is 0.641. The highest BCUT2D eigenvalue weighted by atomic mass is 14.6. The minimum absolute atomic E-state index is 0.254. The molecule has 0 radical (unpaired) electrons. The molecule has 0 saturated heterocycles. The highest BCUT2D eigenvalue weighted by molar-refractivity contribution is 5.25. The molecular formula is C14H23N. The van der Waals surface area contributed by atoms with Crippen LogP contribution < -0.4 is 5.73 Å². The van der Waals surface area contributed by atoms with Crippen LogP contribution in [0, 0.1) is 0 Å². The Labute approximate surface area is 93.7 Å². The van der Waals surface area contributed by atoms with E-state index < -0.39 is 0 Å². The minimum Gasteiger partial charge on any atom is -0.328 e. The van der Waals surface area contributed by atoms with Crippen LogP contribution in [-0.2, 0) is 6.42 Å². The Balaban J connectivity index is 2.71. The van der Waals surface area contributed by atoms with Gasteiger partial charge in [-0.1, -0.05) is 38.1 Å². The fraction of sp³-hybridized carbons (Fsp3) is 0.571. The first-order valence-corrected chi connectivity index (χ1v) is 6.01. The zero-order chi connectivity index (χ0) is 11.3. The van der Waals surface area contributed by atoms with Crippen LogP contribution >= 0.6 is 0 Å². The molecule has 1 heteroatoms. The first kappa shape index (κ1) is 12.3. The summed E-state index contributed by atoms with van der Waals surface area (Å²) in [6.45, 7) is 6.56. The van der Waals surface area contributed by atoms with Crippen molar-refractivity contribution in [2.45, 2.75) is 52.0 Å². The molecule has 0 bridgehead atoms. The molecule has 1 rings (SSSR count). The fourth-order valence-corrected chi connectivity index (χ4v) is 2.06. The van der Waals surface area contributed by atoms with Crippen molar-refractivity contribution in [3.8, 4) is 0 Å². The molecule has 0 aliphatic rings. The standard InChI is InChI=1S/C14H23N/c1-4-13(5-2)14-8-6-12(7-9-14)10-11(3)15/h6-9,11,13H,4-5,10,15H2,1-3H3. The Kier molecular flexibility index (Phi) is 4.83. The van der Waals surface area contributed by atoms with Gasteiger partial charge in [-0.25, -0.2) is 0 Å². The van der Waals surface area contributed by atoms with E-state index in [1.54, 1.807) is 0 Å². The largest absolute Gasteiger partial charge is 0.328 e. The number of hydrogen-bond donors (Lipinski definition) is 1. The van der Waals surface area contributed by atoms with Crippen LogP contribution in [0.3, 0.4) is 0 Å². The average molecular weight is 205 g/mol. The number of benzene rings is 1. The second-order valence-electron chi connectivity index (χ2n) is 4.44. The van der Waals surface area contributed by atoms with Gasteiger partial charge in [0.25, 0.3) is 0 Å². The van der Waals surface area contributed by atoms with E-state index in [-0.39, 0.29) is 6.04 Å². The maximum atomic E-state index is 5.77. The van der Waals surface area contributed by atoms with Crippen LogP contribution in [0.25, 0.3) is 0 Å². The summed E-state index contributed by atoms with van der Waals surface area (Å²) < 4.78 is 0. The Morgan fingerprint density at radius 3 is 2.00 bits per heavy atom. The van der Waals surface area contributed by atoms with Crippen LogP contribution in [0.1, 0.15) is 50.7 Å². The minimum atomic E-state index is 0.254. The number of rotatable bonds is 5. The van der Waals surface area contributed by atoms with E-state index in [9.17, 15) is 0 Å². The van der Waals surface area contributed by atoms with Gasteiger partial charge < -0.3 is 5.73 Å². The smallest absolute Gasteiger partial charge is 0.00509 e. The van der Waals surface area contributed by atoms with Crippen LogP contribution in [0.5, 0.6) is 0 Å². The Bertz CT molecular complexity index is 270. The van der Waals surface area contributed by atoms with Crippen molar-refractivity contribution in [1.29, 1.82) is 0 Å². The van der Waals surface area contributed by atoms with Gasteiger partial charge in [0.1, 0.15) is 0 Å². The summed E-state index contributed by atoms with van der Waals surface area (Å²) in [5, 5.41) is 0. The molecule has 1 nitrogen and oxygen atoms in total. The molecule has 0 aliphatic heterocycles. The molecule has 0 fully saturated rings. The van der Waals surface area contributed by atoms with Crippen molar-refractivity contribution in [2.24, 2.45) is 5.73 Å². The van der Waals surface area contributed by atoms with E-state index in [0.29, 0.717) is 5.92 Å². The molecule has 0 saturated carbocycles. The molecule has 1 aromatic rings. The van der Waals surface area contributed by atoms with Crippen molar-refractivity contribution in [3.05, 3.63) is 35.4 Å². The monoisotopic (exact) mass is 205 g/mol. The van der Waals surface area contributed by atoms with Gasteiger partial charge in [0.05, 0.1) is 0 Å². The quantitative estimate of drug-likeness (QED) is 0.782. The molecule has 0 aromatic heterocycles. The van der Waals surface area contributed by atoms with Crippen molar-refractivity contribution >= 4 is 0 Å². The third-order valence-electron chi connectivity index (χ3n) is 2.99. The van der Waals surface area contributed by atoms with Gasteiger partial charge in [-0.3, -0.25) is 0 Å². The van der Waals surface area contributed by atoms with Gasteiger partial charge in [0.2, 0.25) is 0 Å². The van der Waals surface area contributed by atoms with Crippen molar-refractivity contribution in [1.82, 2.24) is 0 Å². The summed E-state index contributed by atoms with van der Waals surface area (Å²) in [5.74, 6) is 0.717. The highest BCUT2D eigenvalue weighted by Gasteiger charge is 2.06. The summed E-state index contributed by atoms with van der Waals surface area (Å²) in [6.07, 6.45) is 3.43. The van der Waals surface area contributed by atoms with Gasteiger partial charge >= 0.3 is 0 Å². The summed E-state index contributed by atoms with van der Waals surface area (Å²) in [7, 11) is 0. The molecule has 1 atom stereocenters. The molecule has 1 aromatic carbocycles. The van der Waals surface area contributed by atoms with Gasteiger partial charge in [-0.05, 0) is 43.2 Å².